The van der Waals surface area contributed by atoms with Crippen LogP contribution in [-0.2, 0) is 13.1 Å². The van der Waals surface area contributed by atoms with Gasteiger partial charge in [0.15, 0.2) is 0 Å². The lowest BCUT2D eigenvalue weighted by atomic mass is 9.99. The molecule has 0 amide bonds. The maximum Gasteiger partial charge on any atom is 0.0785 e. The van der Waals surface area contributed by atoms with E-state index in [1.165, 1.54) is 11.1 Å². The van der Waals surface area contributed by atoms with Crippen LogP contribution in [0.1, 0.15) is 11.1 Å². The molecule has 1 saturated heterocycles. The van der Waals surface area contributed by atoms with Crippen molar-refractivity contribution < 1.29 is 0 Å². The van der Waals surface area contributed by atoms with E-state index in [1.54, 1.807) is 6.20 Å². The highest BCUT2D eigenvalue weighted by Crippen LogP contribution is 2.21. The van der Waals surface area contributed by atoms with E-state index in [0.29, 0.717) is 5.92 Å². The topological polar surface area (TPSA) is 21.1 Å². The van der Waals surface area contributed by atoms with Crippen LogP contribution >= 0.6 is 11.6 Å². The van der Waals surface area contributed by atoms with Gasteiger partial charge < -0.3 is 0 Å². The number of hydrogen-bond acceptors (Lipinski definition) is 2. The lowest BCUT2D eigenvalue weighted by molar-refractivity contribution is 0.0778. The maximum atomic E-state index is 5.86. The molecule has 100 valence electrons. The predicted molar refractivity (Wildman–Crippen MR) is 77.2 cm³/mol. The summed E-state index contributed by atoms with van der Waals surface area (Å²) in [5.41, 5.74) is 2.74. The Bertz CT molecular complexity index is 558. The summed E-state index contributed by atoms with van der Waals surface area (Å²) < 4.78 is 1.94. The molecular weight excluding hydrogens is 258 g/mol. The molecule has 0 unspecified atom stereocenters. The van der Waals surface area contributed by atoms with E-state index < -0.39 is 0 Å². The second-order valence-corrected chi connectivity index (χ2v) is 5.87. The summed E-state index contributed by atoms with van der Waals surface area (Å²) >= 11 is 5.86. The van der Waals surface area contributed by atoms with Gasteiger partial charge in [-0.15, -0.1) is 0 Å². The highest BCUT2D eigenvalue weighted by atomic mass is 35.5. The number of hydrogen-bond donors (Lipinski definition) is 0. The number of nitrogens with zero attached hydrogens (tertiary/aromatic N) is 3. The van der Waals surface area contributed by atoms with Crippen LogP contribution in [0.25, 0.3) is 0 Å². The van der Waals surface area contributed by atoms with Crippen LogP contribution in [0.15, 0.2) is 36.7 Å². The van der Waals surface area contributed by atoms with Crippen LogP contribution in [0.3, 0.4) is 0 Å². The fourth-order valence-electron chi connectivity index (χ4n) is 2.69. The largest absolute Gasteiger partial charge is 0.298 e. The van der Waals surface area contributed by atoms with E-state index in [1.807, 2.05) is 10.9 Å². The molecule has 4 heteroatoms. The Kier molecular flexibility index (Phi) is 3.58. The molecule has 0 aliphatic carbocycles. The number of aromatic nitrogens is 2. The molecule has 0 radical (unpaired) electrons. The van der Waals surface area contributed by atoms with E-state index in [-0.39, 0.29) is 0 Å². The first-order valence-electron chi connectivity index (χ1n) is 6.65. The molecule has 3 rings (SSSR count). The normalized spacial score (nSPS) is 16.5. The zero-order valence-electron chi connectivity index (χ0n) is 11.1. The molecular formula is C15H18ClN3. The highest BCUT2D eigenvalue weighted by Gasteiger charge is 2.26. The van der Waals surface area contributed by atoms with Gasteiger partial charge in [-0.1, -0.05) is 41.4 Å². The minimum atomic E-state index is 0.695. The third-order valence-electron chi connectivity index (χ3n) is 3.57. The van der Waals surface area contributed by atoms with Crippen LogP contribution in [0.2, 0.25) is 5.02 Å². The lowest BCUT2D eigenvalue weighted by Gasteiger charge is -2.39. The average molecular weight is 276 g/mol. The highest BCUT2D eigenvalue weighted by molar-refractivity contribution is 6.30. The molecule has 1 aromatic carbocycles. The lowest BCUT2D eigenvalue weighted by Crippen LogP contribution is -2.47. The Labute approximate surface area is 118 Å². The smallest absolute Gasteiger partial charge is 0.0785 e. The Morgan fingerprint density at radius 2 is 2.21 bits per heavy atom. The Hall–Kier alpha value is -1.32. The zero-order valence-corrected chi connectivity index (χ0v) is 11.8. The second kappa shape index (κ2) is 5.35. The molecule has 19 heavy (non-hydrogen) atoms. The van der Waals surface area contributed by atoms with Gasteiger partial charge in [-0.3, -0.25) is 9.58 Å². The first kappa shape index (κ1) is 12.7. The molecule has 3 nitrogen and oxygen atoms in total. The summed E-state index contributed by atoms with van der Waals surface area (Å²) in [6, 6.07) is 8.74. The summed E-state index contributed by atoms with van der Waals surface area (Å²) in [4.78, 5) is 2.48. The number of likely N-dealkylation sites (tertiary alicyclic amines) is 1. The average Bonchev–Trinajstić information content (AvgIpc) is 2.72. The second-order valence-electron chi connectivity index (χ2n) is 5.43. The van der Waals surface area contributed by atoms with E-state index in [9.17, 15) is 0 Å². The Morgan fingerprint density at radius 1 is 1.37 bits per heavy atom. The molecule has 1 aromatic heterocycles. The molecule has 2 aromatic rings. The maximum absolute atomic E-state index is 5.86. The van der Waals surface area contributed by atoms with Crippen LogP contribution in [0, 0.1) is 12.8 Å². The van der Waals surface area contributed by atoms with Crippen molar-refractivity contribution in [2.24, 2.45) is 5.92 Å². The zero-order chi connectivity index (χ0) is 13.2. The molecule has 0 bridgehead atoms. The summed E-state index contributed by atoms with van der Waals surface area (Å²) in [5, 5.41) is 4.94. The van der Waals surface area contributed by atoms with Crippen LogP contribution in [0.5, 0.6) is 0 Å². The minimum absolute atomic E-state index is 0.695. The van der Waals surface area contributed by atoms with Crippen LogP contribution < -0.4 is 0 Å². The van der Waals surface area contributed by atoms with Crippen molar-refractivity contribution in [3.8, 4) is 0 Å². The fourth-order valence-corrected chi connectivity index (χ4v) is 2.85. The third-order valence-corrected chi connectivity index (χ3v) is 3.76. The summed E-state index contributed by atoms with van der Waals surface area (Å²) in [6.07, 6.45) is 3.59. The number of aryl methyl sites for hydroxylation is 1. The Morgan fingerprint density at radius 3 is 2.89 bits per heavy atom. The van der Waals surface area contributed by atoms with Crippen molar-refractivity contribution in [1.82, 2.24) is 14.7 Å². The first-order valence-corrected chi connectivity index (χ1v) is 7.03. The SMILES string of the molecule is Cc1cccc(CN2CC(Cn3cc(Cl)cn3)C2)c1. The number of benzene rings is 1. The van der Waals surface area contributed by atoms with Gasteiger partial charge in [-0.05, 0) is 12.5 Å². The predicted octanol–water partition coefficient (Wildman–Crippen LogP) is 2.98. The van der Waals surface area contributed by atoms with Gasteiger partial charge in [-0.25, -0.2) is 0 Å². The van der Waals surface area contributed by atoms with Crippen molar-refractivity contribution in [2.75, 3.05) is 13.1 Å². The molecule has 1 fully saturated rings. The molecule has 1 aliphatic rings. The molecule has 0 spiro atoms. The van der Waals surface area contributed by atoms with Crippen molar-refractivity contribution in [2.45, 2.75) is 20.0 Å². The van der Waals surface area contributed by atoms with Crippen LogP contribution in [0.4, 0.5) is 0 Å². The fraction of sp³-hybridized carbons (Fsp3) is 0.400. The van der Waals surface area contributed by atoms with Crippen LogP contribution in [-0.4, -0.2) is 27.8 Å². The third kappa shape index (κ3) is 3.17. The van der Waals surface area contributed by atoms with Gasteiger partial charge in [0.25, 0.3) is 0 Å². The van der Waals surface area contributed by atoms with E-state index in [2.05, 4.69) is 41.2 Å². The monoisotopic (exact) mass is 275 g/mol. The molecule has 0 N–H and O–H groups in total. The molecule has 0 atom stereocenters. The van der Waals surface area contributed by atoms with Crippen molar-refractivity contribution in [3.05, 3.63) is 52.8 Å². The summed E-state index contributed by atoms with van der Waals surface area (Å²) in [5.74, 6) is 0.695. The van der Waals surface area contributed by atoms with E-state index >= 15 is 0 Å². The molecule has 1 aliphatic heterocycles. The van der Waals surface area contributed by atoms with Gasteiger partial charge in [0.05, 0.1) is 11.2 Å². The van der Waals surface area contributed by atoms with Crippen molar-refractivity contribution in [1.29, 1.82) is 0 Å². The van der Waals surface area contributed by atoms with Gasteiger partial charge >= 0.3 is 0 Å². The minimum Gasteiger partial charge on any atom is -0.298 e. The van der Waals surface area contributed by atoms with E-state index in [4.69, 9.17) is 11.6 Å². The number of halogens is 1. The first-order chi connectivity index (χ1) is 9.19. The van der Waals surface area contributed by atoms with Gasteiger partial charge in [0, 0.05) is 38.3 Å². The Balaban J connectivity index is 1.48. The van der Waals surface area contributed by atoms with E-state index in [0.717, 1.165) is 31.2 Å². The van der Waals surface area contributed by atoms with Crippen molar-refractivity contribution >= 4 is 11.6 Å². The van der Waals surface area contributed by atoms with Gasteiger partial charge in [0.1, 0.15) is 0 Å². The standard InChI is InChI=1S/C15H18ClN3/c1-12-3-2-4-13(5-12)7-18-8-14(9-18)10-19-11-15(16)6-17-19/h2-6,11,14H,7-10H2,1H3. The summed E-state index contributed by atoms with van der Waals surface area (Å²) in [7, 11) is 0. The number of rotatable bonds is 4. The molecule has 2 heterocycles. The quantitative estimate of drug-likeness (QED) is 0.855. The van der Waals surface area contributed by atoms with Gasteiger partial charge in [0.2, 0.25) is 0 Å². The van der Waals surface area contributed by atoms with Gasteiger partial charge in [-0.2, -0.15) is 5.10 Å². The summed E-state index contributed by atoms with van der Waals surface area (Å²) in [6.45, 7) is 6.45. The van der Waals surface area contributed by atoms with Crippen molar-refractivity contribution in [3.63, 3.8) is 0 Å². The molecule has 0 saturated carbocycles.